The zero-order valence-electron chi connectivity index (χ0n) is 14.1. The van der Waals surface area contributed by atoms with Gasteiger partial charge in [-0.3, -0.25) is 19.8 Å². The fourth-order valence-corrected chi connectivity index (χ4v) is 3.51. The van der Waals surface area contributed by atoms with E-state index in [0.717, 1.165) is 57.8 Å². The van der Waals surface area contributed by atoms with E-state index in [1.54, 1.807) is 24.3 Å². The van der Waals surface area contributed by atoms with Crippen molar-refractivity contribution in [3.8, 4) is 0 Å². The molecule has 3 rings (SSSR count). The first-order valence-corrected chi connectivity index (χ1v) is 8.58. The fourth-order valence-electron chi connectivity index (χ4n) is 3.51. The lowest BCUT2D eigenvalue weighted by Gasteiger charge is -2.39. The Kier molecular flexibility index (Phi) is 4.99. The molecule has 2 fully saturated rings. The predicted octanol–water partition coefficient (Wildman–Crippen LogP) is 1.73. The number of amides is 1. The van der Waals surface area contributed by atoms with Crippen LogP contribution < -0.4 is 4.90 Å². The first-order valence-electron chi connectivity index (χ1n) is 8.58. The summed E-state index contributed by atoms with van der Waals surface area (Å²) in [4.78, 5) is 29.3. The van der Waals surface area contributed by atoms with Crippen LogP contribution in [-0.4, -0.2) is 65.9 Å². The van der Waals surface area contributed by atoms with E-state index < -0.39 is 0 Å². The molecule has 0 radical (unpaired) electrons. The highest BCUT2D eigenvalue weighted by Crippen LogP contribution is 2.21. The van der Waals surface area contributed by atoms with Crippen LogP contribution in [0.2, 0.25) is 0 Å². The number of anilines is 1. The monoisotopic (exact) mass is 332 g/mol. The Morgan fingerprint density at radius 3 is 2.17 bits per heavy atom. The minimum absolute atomic E-state index is 0.0675. The molecule has 2 aliphatic rings. The zero-order valence-corrected chi connectivity index (χ0v) is 14.1. The lowest BCUT2D eigenvalue weighted by Crippen LogP contribution is -2.54. The van der Waals surface area contributed by atoms with E-state index >= 15 is 0 Å². The molecule has 1 aromatic carbocycles. The average molecular weight is 332 g/mol. The number of nitrogens with zero attached hydrogens (tertiary/aromatic N) is 4. The van der Waals surface area contributed by atoms with Gasteiger partial charge in [0.15, 0.2) is 0 Å². The minimum atomic E-state index is -0.382. The summed E-state index contributed by atoms with van der Waals surface area (Å²) in [7, 11) is 0. The van der Waals surface area contributed by atoms with Crippen LogP contribution >= 0.6 is 0 Å². The number of non-ortho nitro benzene ring substituents is 1. The number of hydrogen-bond acceptors (Lipinski definition) is 5. The first kappa shape index (κ1) is 16.7. The second-order valence-corrected chi connectivity index (χ2v) is 6.50. The number of hydrogen-bond donors (Lipinski definition) is 0. The van der Waals surface area contributed by atoms with E-state index in [1.807, 2.05) is 11.8 Å². The number of benzene rings is 1. The van der Waals surface area contributed by atoms with Crippen molar-refractivity contribution in [3.63, 3.8) is 0 Å². The highest BCUT2D eigenvalue weighted by molar-refractivity contribution is 5.81. The third-order valence-corrected chi connectivity index (χ3v) is 5.06. The van der Waals surface area contributed by atoms with Crippen LogP contribution in [0.25, 0.3) is 0 Å². The predicted molar refractivity (Wildman–Crippen MR) is 92.2 cm³/mol. The van der Waals surface area contributed by atoms with Gasteiger partial charge in [-0.2, -0.15) is 0 Å². The maximum Gasteiger partial charge on any atom is 0.269 e. The number of carbonyl (C=O) groups excluding carboxylic acids is 1. The van der Waals surface area contributed by atoms with Crippen molar-refractivity contribution in [3.05, 3.63) is 34.4 Å². The van der Waals surface area contributed by atoms with Crippen molar-refractivity contribution in [1.29, 1.82) is 0 Å². The Hall–Kier alpha value is -2.15. The third-order valence-electron chi connectivity index (χ3n) is 5.06. The Labute approximate surface area is 142 Å². The van der Waals surface area contributed by atoms with Crippen LogP contribution in [0.5, 0.6) is 0 Å². The Morgan fingerprint density at radius 2 is 1.62 bits per heavy atom. The van der Waals surface area contributed by atoms with E-state index in [2.05, 4.69) is 9.80 Å². The molecule has 24 heavy (non-hydrogen) atoms. The number of rotatable bonds is 4. The topological polar surface area (TPSA) is 69.9 Å². The molecule has 2 saturated heterocycles. The first-order chi connectivity index (χ1) is 11.6. The van der Waals surface area contributed by atoms with E-state index in [4.69, 9.17) is 0 Å². The summed E-state index contributed by atoms with van der Waals surface area (Å²) in [5, 5.41) is 10.7. The van der Waals surface area contributed by atoms with Crippen molar-refractivity contribution in [2.75, 3.05) is 44.2 Å². The molecule has 2 aliphatic heterocycles. The van der Waals surface area contributed by atoms with Gasteiger partial charge in [-0.1, -0.05) is 0 Å². The molecule has 7 heteroatoms. The molecular weight excluding hydrogens is 308 g/mol. The standard InChI is InChI=1S/C17H24N4O3/c1-14(17(22)20-8-2-3-9-20)18-10-12-19(13-11-18)15-4-6-16(7-5-15)21(23)24/h4-7,14H,2-3,8-13H2,1H3. The van der Waals surface area contributed by atoms with E-state index in [9.17, 15) is 14.9 Å². The van der Waals surface area contributed by atoms with Crippen molar-refractivity contribution < 1.29 is 9.72 Å². The smallest absolute Gasteiger partial charge is 0.269 e. The molecule has 1 amide bonds. The number of carbonyl (C=O) groups is 1. The Bertz CT molecular complexity index is 590. The lowest BCUT2D eigenvalue weighted by molar-refractivity contribution is -0.384. The molecule has 1 unspecified atom stereocenters. The van der Waals surface area contributed by atoms with Crippen LogP contribution in [0, 0.1) is 10.1 Å². The molecule has 1 atom stereocenters. The number of nitro groups is 1. The molecular formula is C17H24N4O3. The van der Waals surface area contributed by atoms with Crippen molar-refractivity contribution in [2.24, 2.45) is 0 Å². The van der Waals surface area contributed by atoms with E-state index in [0.29, 0.717) is 0 Å². The second-order valence-electron chi connectivity index (χ2n) is 6.50. The minimum Gasteiger partial charge on any atom is -0.369 e. The lowest BCUT2D eigenvalue weighted by atomic mass is 10.2. The Balaban J connectivity index is 1.55. The van der Waals surface area contributed by atoms with Gasteiger partial charge in [-0.15, -0.1) is 0 Å². The van der Waals surface area contributed by atoms with Gasteiger partial charge in [0, 0.05) is 57.1 Å². The largest absolute Gasteiger partial charge is 0.369 e. The van der Waals surface area contributed by atoms with Crippen LogP contribution in [0.15, 0.2) is 24.3 Å². The highest BCUT2D eigenvalue weighted by atomic mass is 16.6. The van der Waals surface area contributed by atoms with Crippen molar-refractivity contribution in [1.82, 2.24) is 9.80 Å². The molecule has 0 N–H and O–H groups in total. The second kappa shape index (κ2) is 7.17. The Morgan fingerprint density at radius 1 is 1.04 bits per heavy atom. The number of piperazine rings is 1. The summed E-state index contributed by atoms with van der Waals surface area (Å²) >= 11 is 0. The number of nitro benzene ring substituents is 1. The SMILES string of the molecule is CC(C(=O)N1CCCC1)N1CCN(c2ccc([N+](=O)[O-])cc2)CC1. The van der Waals surface area contributed by atoms with Gasteiger partial charge in [0.05, 0.1) is 11.0 Å². The molecule has 0 bridgehead atoms. The summed E-state index contributed by atoms with van der Waals surface area (Å²) in [5.41, 5.74) is 1.11. The summed E-state index contributed by atoms with van der Waals surface area (Å²) < 4.78 is 0. The van der Waals surface area contributed by atoms with Crippen molar-refractivity contribution >= 4 is 17.3 Å². The highest BCUT2D eigenvalue weighted by Gasteiger charge is 2.29. The van der Waals surface area contributed by atoms with Gasteiger partial charge in [-0.05, 0) is 31.9 Å². The van der Waals surface area contributed by atoms with Crippen LogP contribution in [0.3, 0.4) is 0 Å². The summed E-state index contributed by atoms with van der Waals surface area (Å²) in [6.45, 7) is 7.11. The van der Waals surface area contributed by atoms with Crippen LogP contribution in [0.1, 0.15) is 19.8 Å². The van der Waals surface area contributed by atoms with Crippen molar-refractivity contribution in [2.45, 2.75) is 25.8 Å². The van der Waals surface area contributed by atoms with Gasteiger partial charge < -0.3 is 9.80 Å². The maximum absolute atomic E-state index is 12.5. The normalized spacial score (nSPS) is 20.2. The van der Waals surface area contributed by atoms with Gasteiger partial charge in [-0.25, -0.2) is 0 Å². The summed E-state index contributed by atoms with van der Waals surface area (Å²) in [5.74, 6) is 0.247. The van der Waals surface area contributed by atoms with Gasteiger partial charge >= 0.3 is 0 Å². The quantitative estimate of drug-likeness (QED) is 0.620. The molecule has 0 aliphatic carbocycles. The molecule has 0 saturated carbocycles. The average Bonchev–Trinajstić information content (AvgIpc) is 3.15. The molecule has 0 spiro atoms. The third kappa shape index (κ3) is 3.51. The molecule has 130 valence electrons. The zero-order chi connectivity index (χ0) is 17.1. The van der Waals surface area contributed by atoms with E-state index in [1.165, 1.54) is 0 Å². The van der Waals surface area contributed by atoms with Crippen LogP contribution in [-0.2, 0) is 4.79 Å². The molecule has 2 heterocycles. The summed E-state index contributed by atoms with van der Waals surface area (Å²) in [6, 6.07) is 6.61. The van der Waals surface area contributed by atoms with E-state index in [-0.39, 0.29) is 22.6 Å². The summed E-state index contributed by atoms with van der Waals surface area (Å²) in [6.07, 6.45) is 2.23. The fraction of sp³-hybridized carbons (Fsp3) is 0.588. The molecule has 7 nitrogen and oxygen atoms in total. The van der Waals surface area contributed by atoms with Crippen LogP contribution in [0.4, 0.5) is 11.4 Å². The van der Waals surface area contributed by atoms with Gasteiger partial charge in [0.25, 0.3) is 5.69 Å². The maximum atomic E-state index is 12.5. The molecule has 1 aromatic rings. The van der Waals surface area contributed by atoms with Gasteiger partial charge in [0.1, 0.15) is 0 Å². The number of likely N-dealkylation sites (tertiary alicyclic amines) is 1. The molecule has 0 aromatic heterocycles. The van der Waals surface area contributed by atoms with Gasteiger partial charge in [0.2, 0.25) is 5.91 Å².